The minimum absolute atomic E-state index is 0.363. The van der Waals surface area contributed by atoms with Gasteiger partial charge in [0.15, 0.2) is 5.82 Å². The van der Waals surface area contributed by atoms with E-state index in [1.54, 1.807) is 4.68 Å². The molecule has 1 aromatic heterocycles. The molecule has 1 fully saturated rings. The van der Waals surface area contributed by atoms with E-state index in [-0.39, 0.29) is 0 Å². The van der Waals surface area contributed by atoms with E-state index in [4.69, 9.17) is 0 Å². The molecule has 0 bridgehead atoms. The van der Waals surface area contributed by atoms with Gasteiger partial charge in [0.25, 0.3) is 0 Å². The van der Waals surface area contributed by atoms with Crippen molar-refractivity contribution in [2.45, 2.75) is 71.8 Å². The number of tetrazole rings is 1. The fraction of sp³-hybridized carbons (Fsp3) is 0.867. The maximum Gasteiger partial charge on any atom is 0.311 e. The lowest BCUT2D eigenvalue weighted by Gasteiger charge is -2.26. The number of carboxylic acids is 1. The first-order valence-electron chi connectivity index (χ1n) is 8.09. The van der Waals surface area contributed by atoms with Gasteiger partial charge in [0, 0.05) is 6.42 Å². The van der Waals surface area contributed by atoms with E-state index >= 15 is 0 Å². The lowest BCUT2D eigenvalue weighted by molar-refractivity contribution is -0.150. The molecule has 0 atom stereocenters. The first-order valence-corrected chi connectivity index (χ1v) is 8.09. The van der Waals surface area contributed by atoms with Crippen molar-refractivity contribution in [1.29, 1.82) is 0 Å². The molecule has 2 rings (SSSR count). The van der Waals surface area contributed by atoms with E-state index in [0.29, 0.717) is 19.4 Å². The van der Waals surface area contributed by atoms with Gasteiger partial charge in [-0.05, 0) is 35.6 Å². The Labute approximate surface area is 125 Å². The van der Waals surface area contributed by atoms with Gasteiger partial charge in [-0.3, -0.25) is 4.79 Å². The third kappa shape index (κ3) is 3.60. The van der Waals surface area contributed by atoms with E-state index in [0.717, 1.165) is 24.6 Å². The van der Waals surface area contributed by atoms with Crippen LogP contribution in [0.1, 0.15) is 64.6 Å². The van der Waals surface area contributed by atoms with Crippen molar-refractivity contribution < 1.29 is 9.90 Å². The van der Waals surface area contributed by atoms with E-state index in [2.05, 4.69) is 15.5 Å². The highest BCUT2D eigenvalue weighted by Gasteiger charge is 2.36. The summed E-state index contributed by atoms with van der Waals surface area (Å²) in [5, 5.41) is 21.4. The van der Waals surface area contributed by atoms with Crippen LogP contribution in [0.15, 0.2) is 0 Å². The second-order valence-corrected chi connectivity index (χ2v) is 6.23. The maximum absolute atomic E-state index is 11.6. The predicted molar refractivity (Wildman–Crippen MR) is 78.7 cm³/mol. The molecule has 1 aromatic rings. The Morgan fingerprint density at radius 1 is 1.33 bits per heavy atom. The molecule has 6 nitrogen and oxygen atoms in total. The van der Waals surface area contributed by atoms with Gasteiger partial charge in [-0.25, -0.2) is 4.68 Å². The molecular weight excluding hydrogens is 268 g/mol. The molecule has 1 aliphatic carbocycles. The Kier molecular flexibility index (Phi) is 5.31. The minimum Gasteiger partial charge on any atom is -0.481 e. The molecular formula is C15H26N4O2. The van der Waals surface area contributed by atoms with Gasteiger partial charge in [-0.2, -0.15) is 0 Å². The number of hydrogen-bond donors (Lipinski definition) is 1. The monoisotopic (exact) mass is 294 g/mol. The van der Waals surface area contributed by atoms with Gasteiger partial charge in [-0.1, -0.05) is 39.5 Å². The summed E-state index contributed by atoms with van der Waals surface area (Å²) in [6.45, 7) is 4.20. The number of carboxylic acid groups (broad SMARTS) is 1. The van der Waals surface area contributed by atoms with Crippen molar-refractivity contribution in [3.63, 3.8) is 0 Å². The fourth-order valence-electron chi connectivity index (χ4n) is 3.29. The quantitative estimate of drug-likeness (QED) is 0.797. The molecule has 21 heavy (non-hydrogen) atoms. The molecule has 0 amide bonds. The van der Waals surface area contributed by atoms with Crippen LogP contribution in [0.3, 0.4) is 0 Å². The number of carbonyl (C=O) groups is 1. The molecule has 0 radical (unpaired) electrons. The highest BCUT2D eigenvalue weighted by molar-refractivity contribution is 5.74. The number of aliphatic carboxylic acids is 1. The van der Waals surface area contributed by atoms with Gasteiger partial charge < -0.3 is 5.11 Å². The van der Waals surface area contributed by atoms with Crippen LogP contribution in [-0.4, -0.2) is 31.3 Å². The smallest absolute Gasteiger partial charge is 0.311 e. The second kappa shape index (κ2) is 7.00. The van der Waals surface area contributed by atoms with Crippen LogP contribution < -0.4 is 0 Å². The zero-order valence-corrected chi connectivity index (χ0v) is 13.1. The summed E-state index contributed by atoms with van der Waals surface area (Å²) in [4.78, 5) is 11.6. The Hall–Kier alpha value is -1.46. The molecule has 0 aromatic carbocycles. The van der Waals surface area contributed by atoms with E-state index in [9.17, 15) is 9.90 Å². The van der Waals surface area contributed by atoms with E-state index < -0.39 is 11.4 Å². The van der Waals surface area contributed by atoms with Crippen molar-refractivity contribution in [1.82, 2.24) is 20.2 Å². The maximum atomic E-state index is 11.6. The predicted octanol–water partition coefficient (Wildman–Crippen LogP) is 2.69. The zero-order valence-electron chi connectivity index (χ0n) is 13.1. The summed E-state index contributed by atoms with van der Waals surface area (Å²) in [7, 11) is 0. The normalized spacial score (nSPS) is 16.5. The molecule has 0 spiro atoms. The first-order chi connectivity index (χ1) is 10.1. The average Bonchev–Trinajstić information content (AvgIpc) is 3.13. The summed E-state index contributed by atoms with van der Waals surface area (Å²) < 4.78 is 1.70. The summed E-state index contributed by atoms with van der Waals surface area (Å²) in [6, 6.07) is 0. The number of aromatic nitrogens is 4. The summed E-state index contributed by atoms with van der Waals surface area (Å²) >= 11 is 0. The zero-order chi connectivity index (χ0) is 15.3. The lowest BCUT2D eigenvalue weighted by atomic mass is 9.82. The Balaban J connectivity index is 2.03. The molecule has 118 valence electrons. The van der Waals surface area contributed by atoms with E-state index in [1.807, 2.05) is 13.8 Å². The van der Waals surface area contributed by atoms with Crippen molar-refractivity contribution in [3.8, 4) is 0 Å². The third-order valence-corrected chi connectivity index (χ3v) is 5.12. The molecule has 0 saturated heterocycles. The number of hydrogen-bond acceptors (Lipinski definition) is 4. The Morgan fingerprint density at radius 2 is 2.00 bits per heavy atom. The van der Waals surface area contributed by atoms with Gasteiger partial charge >= 0.3 is 5.97 Å². The lowest BCUT2D eigenvalue weighted by Crippen LogP contribution is -2.35. The fourth-order valence-corrected chi connectivity index (χ4v) is 3.29. The van der Waals surface area contributed by atoms with Crippen LogP contribution in [-0.2, 0) is 17.8 Å². The van der Waals surface area contributed by atoms with Crippen molar-refractivity contribution in [3.05, 3.63) is 5.82 Å². The van der Waals surface area contributed by atoms with Crippen molar-refractivity contribution >= 4 is 5.97 Å². The summed E-state index contributed by atoms with van der Waals surface area (Å²) in [6.07, 6.45) is 8.42. The molecule has 6 heteroatoms. The van der Waals surface area contributed by atoms with Crippen LogP contribution in [0.4, 0.5) is 0 Å². The molecule has 1 N–H and O–H groups in total. The van der Waals surface area contributed by atoms with Crippen LogP contribution in [0.2, 0.25) is 0 Å². The molecule has 0 unspecified atom stereocenters. The minimum atomic E-state index is -0.766. The van der Waals surface area contributed by atoms with Gasteiger partial charge in [0.1, 0.15) is 0 Å². The molecule has 1 saturated carbocycles. The largest absolute Gasteiger partial charge is 0.481 e. The highest BCUT2D eigenvalue weighted by atomic mass is 16.4. The first kappa shape index (κ1) is 15.9. The van der Waals surface area contributed by atoms with E-state index in [1.165, 1.54) is 25.7 Å². The molecule has 1 aliphatic rings. The van der Waals surface area contributed by atoms with Gasteiger partial charge in [0.2, 0.25) is 0 Å². The highest BCUT2D eigenvalue weighted by Crippen LogP contribution is 2.30. The molecule has 1 heterocycles. The van der Waals surface area contributed by atoms with Crippen LogP contribution in [0.25, 0.3) is 0 Å². The van der Waals surface area contributed by atoms with Crippen LogP contribution >= 0.6 is 0 Å². The summed E-state index contributed by atoms with van der Waals surface area (Å²) in [5.41, 5.74) is -0.766. The standard InChI is InChI=1S/C15H26N4O2/c1-3-15(4-2,14(20)21)11-19-13(16-17-18-19)10-9-12-7-5-6-8-12/h12H,3-11H2,1-2H3,(H,20,21). The van der Waals surface area contributed by atoms with Gasteiger partial charge in [-0.15, -0.1) is 5.10 Å². The van der Waals surface area contributed by atoms with Crippen molar-refractivity contribution in [2.75, 3.05) is 0 Å². The third-order valence-electron chi connectivity index (χ3n) is 5.12. The van der Waals surface area contributed by atoms with Gasteiger partial charge in [0.05, 0.1) is 12.0 Å². The Morgan fingerprint density at radius 3 is 2.57 bits per heavy atom. The number of aryl methyl sites for hydroxylation is 1. The topological polar surface area (TPSA) is 80.9 Å². The summed E-state index contributed by atoms with van der Waals surface area (Å²) in [5.74, 6) is 0.857. The second-order valence-electron chi connectivity index (χ2n) is 6.23. The van der Waals surface area contributed by atoms with Crippen LogP contribution in [0.5, 0.6) is 0 Å². The SMILES string of the molecule is CCC(CC)(Cn1nnnc1CCC1CCCC1)C(=O)O. The number of nitrogens with zero attached hydrogens (tertiary/aromatic N) is 4. The molecule has 0 aliphatic heterocycles. The average molecular weight is 294 g/mol. The van der Waals surface area contributed by atoms with Crippen molar-refractivity contribution in [2.24, 2.45) is 11.3 Å². The van der Waals surface area contributed by atoms with Crippen LogP contribution in [0, 0.1) is 11.3 Å². The number of rotatable bonds is 8. The Bertz CT molecular complexity index is 462.